The second kappa shape index (κ2) is 10.9. The summed E-state index contributed by atoms with van der Waals surface area (Å²) in [6, 6.07) is 15.4. The number of carbonyl (C=O) groups is 1. The van der Waals surface area contributed by atoms with E-state index < -0.39 is 10.0 Å². The second-order valence-corrected chi connectivity index (χ2v) is 11.2. The molecule has 0 saturated carbocycles. The number of piperidine rings is 1. The number of urea groups is 1. The highest BCUT2D eigenvalue weighted by Gasteiger charge is 2.31. The first kappa shape index (κ1) is 25.4. The van der Waals surface area contributed by atoms with Crippen LogP contribution in [0.2, 0.25) is 5.02 Å². The summed E-state index contributed by atoms with van der Waals surface area (Å²) in [5.41, 5.74) is 2.38. The third-order valence-corrected chi connectivity index (χ3v) is 8.42. The number of carbonyl (C=O) groups excluding carboxylic acids is 1. The van der Waals surface area contributed by atoms with Crippen LogP contribution in [0, 0.1) is 6.92 Å². The van der Waals surface area contributed by atoms with Gasteiger partial charge in [-0.05, 0) is 56.6 Å². The molecule has 1 atom stereocenters. The topological polar surface area (TPSA) is 94.6 Å². The lowest BCUT2D eigenvalue weighted by atomic mass is 10.1. The van der Waals surface area contributed by atoms with E-state index in [1.807, 2.05) is 37.3 Å². The predicted octanol–water partition coefficient (Wildman–Crippen LogP) is 4.10. The number of rotatable bonds is 7. The Bertz CT molecular complexity index is 1320. The van der Waals surface area contributed by atoms with Gasteiger partial charge in [-0.1, -0.05) is 35.9 Å². The number of para-hydroxylation sites is 1. The monoisotopic (exact) mass is 515 g/mol. The Morgan fingerprint density at radius 2 is 2.00 bits per heavy atom. The fourth-order valence-corrected chi connectivity index (χ4v) is 6.10. The molecule has 1 aromatic heterocycles. The van der Waals surface area contributed by atoms with Crippen molar-refractivity contribution in [2.45, 2.75) is 30.7 Å². The van der Waals surface area contributed by atoms with Gasteiger partial charge in [-0.3, -0.25) is 9.88 Å². The van der Waals surface area contributed by atoms with Crippen molar-refractivity contribution >= 4 is 44.2 Å². The van der Waals surface area contributed by atoms with E-state index in [0.717, 1.165) is 41.7 Å². The molecule has 2 amide bonds. The van der Waals surface area contributed by atoms with E-state index in [1.54, 1.807) is 25.2 Å². The van der Waals surface area contributed by atoms with Crippen molar-refractivity contribution in [1.82, 2.24) is 19.5 Å². The number of aryl methyl sites for hydroxylation is 1. The van der Waals surface area contributed by atoms with Gasteiger partial charge in [0, 0.05) is 48.8 Å². The third-order valence-electron chi connectivity index (χ3n) is 6.27. The summed E-state index contributed by atoms with van der Waals surface area (Å²) >= 11 is 6.00. The molecule has 8 nitrogen and oxygen atoms in total. The van der Waals surface area contributed by atoms with Gasteiger partial charge < -0.3 is 10.6 Å². The standard InChI is InChI=1S/C25H30ClN5O3S/c1-18-15-24(22-10-3-4-11-23(22)28-18)29-25(32)27-12-14-31-13-6-8-20(17-31)30(2)35(33,34)21-9-5-7-19(26)16-21/h3-5,7,9-11,15-16,20H,6,8,12-14,17H2,1-2H3,(H2,27,28,29,32). The van der Waals surface area contributed by atoms with Gasteiger partial charge in [-0.25, -0.2) is 13.2 Å². The quantitative estimate of drug-likeness (QED) is 0.494. The number of halogens is 1. The van der Waals surface area contributed by atoms with Crippen molar-refractivity contribution in [2.75, 3.05) is 38.5 Å². The highest BCUT2D eigenvalue weighted by Crippen LogP contribution is 2.24. The van der Waals surface area contributed by atoms with Crippen LogP contribution in [0.25, 0.3) is 10.9 Å². The van der Waals surface area contributed by atoms with E-state index in [1.165, 1.54) is 10.4 Å². The summed E-state index contributed by atoms with van der Waals surface area (Å²) in [5, 5.41) is 7.11. The molecular formula is C25H30ClN5O3S. The van der Waals surface area contributed by atoms with E-state index in [2.05, 4.69) is 20.5 Å². The number of hydrogen-bond acceptors (Lipinski definition) is 5. The molecule has 1 saturated heterocycles. The molecule has 1 aliphatic heterocycles. The summed E-state index contributed by atoms with van der Waals surface area (Å²) in [6.07, 6.45) is 1.67. The summed E-state index contributed by atoms with van der Waals surface area (Å²) in [7, 11) is -2.02. The highest BCUT2D eigenvalue weighted by molar-refractivity contribution is 7.89. The van der Waals surface area contributed by atoms with Crippen LogP contribution in [0.4, 0.5) is 10.5 Å². The van der Waals surface area contributed by atoms with Gasteiger partial charge in [0.25, 0.3) is 0 Å². The number of amides is 2. The first-order chi connectivity index (χ1) is 16.7. The number of nitrogens with one attached hydrogen (secondary N) is 2. The van der Waals surface area contributed by atoms with Crippen LogP contribution in [-0.2, 0) is 10.0 Å². The Balaban J connectivity index is 1.31. The zero-order chi connectivity index (χ0) is 25.0. The Morgan fingerprint density at radius 3 is 2.80 bits per heavy atom. The molecule has 0 aliphatic carbocycles. The number of likely N-dealkylation sites (N-methyl/N-ethyl adjacent to an activating group) is 1. The fourth-order valence-electron chi connectivity index (χ4n) is 4.43. The van der Waals surface area contributed by atoms with Gasteiger partial charge in [0.2, 0.25) is 10.0 Å². The maximum Gasteiger partial charge on any atom is 0.319 e. The molecule has 0 bridgehead atoms. The van der Waals surface area contributed by atoms with Crippen molar-refractivity contribution in [3.8, 4) is 0 Å². The maximum atomic E-state index is 13.1. The SMILES string of the molecule is Cc1cc(NC(=O)NCCN2CCCC(N(C)S(=O)(=O)c3cccc(Cl)c3)C2)c2ccccc2n1. The number of hydrogen-bond donors (Lipinski definition) is 2. The number of pyridine rings is 1. The highest BCUT2D eigenvalue weighted by atomic mass is 35.5. The molecule has 2 aromatic carbocycles. The van der Waals surface area contributed by atoms with E-state index in [-0.39, 0.29) is 17.0 Å². The third kappa shape index (κ3) is 6.10. The molecule has 1 unspecified atom stereocenters. The molecule has 186 valence electrons. The number of likely N-dealkylation sites (tertiary alicyclic amines) is 1. The minimum atomic E-state index is -3.64. The van der Waals surface area contributed by atoms with Crippen LogP contribution in [0.5, 0.6) is 0 Å². The maximum absolute atomic E-state index is 13.1. The molecule has 0 radical (unpaired) electrons. The van der Waals surface area contributed by atoms with Gasteiger partial charge in [0.05, 0.1) is 16.1 Å². The van der Waals surface area contributed by atoms with E-state index in [9.17, 15) is 13.2 Å². The Kier molecular flexibility index (Phi) is 7.91. The Labute approximate surface area is 211 Å². The molecule has 0 spiro atoms. The van der Waals surface area contributed by atoms with Crippen LogP contribution < -0.4 is 10.6 Å². The minimum Gasteiger partial charge on any atom is -0.337 e. The number of anilines is 1. The van der Waals surface area contributed by atoms with Gasteiger partial charge in [-0.2, -0.15) is 4.31 Å². The van der Waals surface area contributed by atoms with Crippen molar-refractivity contribution in [3.63, 3.8) is 0 Å². The lowest BCUT2D eigenvalue weighted by molar-refractivity contribution is 0.160. The van der Waals surface area contributed by atoms with Crippen molar-refractivity contribution in [2.24, 2.45) is 0 Å². The minimum absolute atomic E-state index is 0.146. The molecule has 2 heterocycles. The fraction of sp³-hybridized carbons (Fsp3) is 0.360. The number of aromatic nitrogens is 1. The van der Waals surface area contributed by atoms with E-state index in [4.69, 9.17) is 11.6 Å². The zero-order valence-electron chi connectivity index (χ0n) is 19.9. The smallest absolute Gasteiger partial charge is 0.319 e. The van der Waals surface area contributed by atoms with Gasteiger partial charge in [0.15, 0.2) is 0 Å². The second-order valence-electron chi connectivity index (χ2n) is 8.78. The molecule has 1 aliphatic rings. The van der Waals surface area contributed by atoms with Crippen molar-refractivity contribution in [3.05, 3.63) is 65.3 Å². The van der Waals surface area contributed by atoms with Crippen LogP contribution in [0.1, 0.15) is 18.5 Å². The molecule has 3 aromatic rings. The molecule has 1 fully saturated rings. The van der Waals surface area contributed by atoms with Gasteiger partial charge in [0.1, 0.15) is 0 Å². The molecule has 10 heteroatoms. The Morgan fingerprint density at radius 1 is 1.20 bits per heavy atom. The number of nitrogens with zero attached hydrogens (tertiary/aromatic N) is 3. The zero-order valence-corrected chi connectivity index (χ0v) is 21.4. The largest absolute Gasteiger partial charge is 0.337 e. The average molecular weight is 516 g/mol. The first-order valence-electron chi connectivity index (χ1n) is 11.6. The molecular weight excluding hydrogens is 486 g/mol. The van der Waals surface area contributed by atoms with Crippen LogP contribution in [0.3, 0.4) is 0 Å². The molecule has 2 N–H and O–H groups in total. The van der Waals surface area contributed by atoms with Gasteiger partial charge >= 0.3 is 6.03 Å². The van der Waals surface area contributed by atoms with Crippen LogP contribution >= 0.6 is 11.6 Å². The number of sulfonamides is 1. The normalized spacial score (nSPS) is 17.0. The summed E-state index contributed by atoms with van der Waals surface area (Å²) in [6.45, 7) is 4.44. The summed E-state index contributed by atoms with van der Waals surface area (Å²) in [4.78, 5) is 19.4. The first-order valence-corrected chi connectivity index (χ1v) is 13.4. The summed E-state index contributed by atoms with van der Waals surface area (Å²) in [5.74, 6) is 0. The van der Waals surface area contributed by atoms with Crippen LogP contribution in [0.15, 0.2) is 59.5 Å². The van der Waals surface area contributed by atoms with E-state index >= 15 is 0 Å². The predicted molar refractivity (Wildman–Crippen MR) is 139 cm³/mol. The van der Waals surface area contributed by atoms with Crippen LogP contribution in [-0.4, -0.2) is 67.9 Å². The van der Waals surface area contributed by atoms with Gasteiger partial charge in [-0.15, -0.1) is 0 Å². The number of benzene rings is 2. The van der Waals surface area contributed by atoms with Crippen molar-refractivity contribution < 1.29 is 13.2 Å². The van der Waals surface area contributed by atoms with E-state index in [0.29, 0.717) is 24.7 Å². The van der Waals surface area contributed by atoms with Crippen molar-refractivity contribution in [1.29, 1.82) is 0 Å². The summed E-state index contributed by atoms with van der Waals surface area (Å²) < 4.78 is 27.6. The lowest BCUT2D eigenvalue weighted by Crippen LogP contribution is -2.50. The molecule has 4 rings (SSSR count). The Hall–Kier alpha value is -2.72. The lowest BCUT2D eigenvalue weighted by Gasteiger charge is -2.37. The molecule has 35 heavy (non-hydrogen) atoms. The average Bonchev–Trinajstić information content (AvgIpc) is 2.83. The number of fused-ring (bicyclic) bond motifs is 1.